The Kier molecular flexibility index (Phi) is 8.50. The van der Waals surface area contributed by atoms with Gasteiger partial charge in [0, 0.05) is 25.4 Å². The molecule has 44 heavy (non-hydrogen) atoms. The van der Waals surface area contributed by atoms with Crippen LogP contribution in [-0.2, 0) is 13.5 Å². The van der Waals surface area contributed by atoms with Gasteiger partial charge in [0.2, 0.25) is 11.3 Å². The maximum atomic E-state index is 15.7. The third kappa shape index (κ3) is 5.53. The van der Waals surface area contributed by atoms with Crippen LogP contribution in [0.3, 0.4) is 0 Å². The smallest absolute Gasteiger partial charge is 0.254 e. The Morgan fingerprint density at radius 1 is 1.07 bits per heavy atom. The highest BCUT2D eigenvalue weighted by Crippen LogP contribution is 2.38. The molecule has 0 saturated heterocycles. The highest BCUT2D eigenvalue weighted by atomic mass is 19.1. The molecule has 2 heterocycles. The van der Waals surface area contributed by atoms with E-state index in [1.54, 1.807) is 36.7 Å². The van der Waals surface area contributed by atoms with Gasteiger partial charge in [0.1, 0.15) is 18.5 Å². The number of benzene rings is 3. The number of hydrogen-bond donors (Lipinski definition) is 1. The number of pyridine rings is 1. The summed E-state index contributed by atoms with van der Waals surface area (Å²) >= 11 is 0. The maximum absolute atomic E-state index is 15.7. The number of ether oxygens (including phenoxy) is 3. The number of likely N-dealkylation sites (N-methyl/N-ethyl adjacent to an activating group) is 1. The Morgan fingerprint density at radius 3 is 2.50 bits per heavy atom. The first-order valence-electron chi connectivity index (χ1n) is 14.1. The Balaban J connectivity index is 1.57. The van der Waals surface area contributed by atoms with Gasteiger partial charge in [-0.2, -0.15) is 0 Å². The van der Waals surface area contributed by atoms with E-state index < -0.39 is 17.2 Å². The van der Waals surface area contributed by atoms with Crippen molar-refractivity contribution in [3.05, 3.63) is 81.7 Å². The minimum absolute atomic E-state index is 0.0705. The first-order chi connectivity index (χ1) is 21.0. The summed E-state index contributed by atoms with van der Waals surface area (Å²) in [7, 11) is 7.20. The predicted octanol–water partition coefficient (Wildman–Crippen LogP) is 5.00. The molecule has 0 radical (unpaired) electrons. The van der Waals surface area contributed by atoms with Gasteiger partial charge in [-0.05, 0) is 68.4 Å². The molecule has 2 N–H and O–H groups in total. The minimum Gasteiger partial charge on any atom is -0.493 e. The van der Waals surface area contributed by atoms with E-state index in [1.165, 1.54) is 25.6 Å². The molecule has 0 aliphatic heterocycles. The van der Waals surface area contributed by atoms with Gasteiger partial charge in [-0.1, -0.05) is 19.1 Å². The van der Waals surface area contributed by atoms with Crippen LogP contribution < -0.4 is 25.4 Å². The lowest BCUT2D eigenvalue weighted by atomic mass is 9.92. The molecule has 2 aromatic heterocycles. The van der Waals surface area contributed by atoms with Crippen molar-refractivity contribution in [3.63, 3.8) is 0 Å². The number of halogens is 1. The molecule has 0 aliphatic carbocycles. The molecule has 0 saturated carbocycles. The lowest BCUT2D eigenvalue weighted by Crippen LogP contribution is -2.27. The fraction of sp³-hybridized carbons (Fsp3) is 0.273. The highest BCUT2D eigenvalue weighted by molar-refractivity contribution is 6.03. The summed E-state index contributed by atoms with van der Waals surface area (Å²) in [6, 6.07) is 11.6. The Bertz CT molecular complexity index is 1970. The summed E-state index contributed by atoms with van der Waals surface area (Å²) in [5.41, 5.74) is 8.44. The number of carbonyl (C=O) groups excluding carboxylic acids is 1. The zero-order chi connectivity index (χ0) is 31.7. The standard InChI is InChI=1S/C33H34FN5O5/c1-7-19-8-10-24-30(31(40)28(32(35)41)18(2)39(24)5)29(19)20-9-11-25(22(34)14-20)44-33-21-15-26(42-6)27(43-13-12-38(3)4)16-23(21)36-17-37-33/h8-11,14-17H,7,12-13H2,1-6H3,(H2,35,41). The van der Waals surface area contributed by atoms with Crippen molar-refractivity contribution in [1.82, 2.24) is 19.4 Å². The summed E-state index contributed by atoms with van der Waals surface area (Å²) in [5, 5.41) is 0.810. The van der Waals surface area contributed by atoms with Gasteiger partial charge in [-0.3, -0.25) is 9.59 Å². The molecule has 0 fully saturated rings. The zero-order valence-corrected chi connectivity index (χ0v) is 25.5. The number of rotatable bonds is 10. The Morgan fingerprint density at radius 2 is 1.84 bits per heavy atom. The van der Waals surface area contributed by atoms with Gasteiger partial charge in [-0.25, -0.2) is 14.4 Å². The summed E-state index contributed by atoms with van der Waals surface area (Å²) in [6.45, 7) is 4.78. The lowest BCUT2D eigenvalue weighted by Gasteiger charge is -2.18. The van der Waals surface area contributed by atoms with E-state index >= 15 is 4.39 Å². The lowest BCUT2D eigenvalue weighted by molar-refractivity contribution is 0.0998. The molecule has 3 aromatic carbocycles. The molecule has 11 heteroatoms. The summed E-state index contributed by atoms with van der Waals surface area (Å²) in [4.78, 5) is 36.4. The van der Waals surface area contributed by atoms with Crippen LogP contribution >= 0.6 is 0 Å². The largest absolute Gasteiger partial charge is 0.493 e. The first kappa shape index (κ1) is 30.4. The summed E-state index contributed by atoms with van der Waals surface area (Å²) in [6.07, 6.45) is 1.90. The first-order valence-corrected chi connectivity index (χ1v) is 14.1. The zero-order valence-electron chi connectivity index (χ0n) is 25.5. The highest BCUT2D eigenvalue weighted by Gasteiger charge is 2.22. The number of hydrogen-bond acceptors (Lipinski definition) is 8. The van der Waals surface area contributed by atoms with Crippen molar-refractivity contribution in [2.45, 2.75) is 20.3 Å². The van der Waals surface area contributed by atoms with Crippen LogP contribution in [0.1, 0.15) is 28.5 Å². The van der Waals surface area contributed by atoms with Crippen molar-refractivity contribution >= 4 is 27.7 Å². The molecular weight excluding hydrogens is 565 g/mol. The second-order valence-corrected chi connectivity index (χ2v) is 10.7. The van der Waals surface area contributed by atoms with Gasteiger partial charge in [0.25, 0.3) is 5.91 Å². The number of methoxy groups -OCH3 is 1. The molecular formula is C33H34FN5O5. The Labute approximate surface area is 253 Å². The molecule has 228 valence electrons. The number of carbonyl (C=O) groups is 1. The van der Waals surface area contributed by atoms with Gasteiger partial charge in [-0.15, -0.1) is 0 Å². The van der Waals surface area contributed by atoms with E-state index in [1.807, 2.05) is 38.1 Å². The fourth-order valence-corrected chi connectivity index (χ4v) is 5.27. The van der Waals surface area contributed by atoms with E-state index in [4.69, 9.17) is 19.9 Å². The van der Waals surface area contributed by atoms with Gasteiger partial charge < -0.3 is 29.4 Å². The summed E-state index contributed by atoms with van der Waals surface area (Å²) in [5.74, 6) is -0.433. The SMILES string of the molecule is CCc1ccc2c(c1-c1ccc(Oc3ncnc4cc(OCCN(C)C)c(OC)cc34)c(F)c1)c(=O)c(C(N)=O)c(C)n2C. The number of amides is 1. The third-order valence-corrected chi connectivity index (χ3v) is 7.68. The number of nitrogens with zero attached hydrogens (tertiary/aromatic N) is 4. The van der Waals surface area contributed by atoms with Crippen LogP contribution in [0.4, 0.5) is 4.39 Å². The summed E-state index contributed by atoms with van der Waals surface area (Å²) < 4.78 is 34.9. The molecule has 0 aliphatic rings. The minimum atomic E-state index is -0.811. The third-order valence-electron chi connectivity index (χ3n) is 7.68. The molecule has 1 amide bonds. The van der Waals surface area contributed by atoms with E-state index in [0.717, 1.165) is 5.56 Å². The maximum Gasteiger partial charge on any atom is 0.254 e. The van der Waals surface area contributed by atoms with Crippen molar-refractivity contribution in [1.29, 1.82) is 0 Å². The average Bonchev–Trinajstić information content (AvgIpc) is 2.99. The van der Waals surface area contributed by atoms with E-state index in [9.17, 15) is 9.59 Å². The molecule has 0 spiro atoms. The van der Waals surface area contributed by atoms with Crippen LogP contribution in [0.5, 0.6) is 23.1 Å². The molecule has 10 nitrogen and oxygen atoms in total. The topological polar surface area (TPSA) is 122 Å². The van der Waals surface area contributed by atoms with E-state index in [2.05, 4.69) is 9.97 Å². The number of fused-ring (bicyclic) bond motifs is 2. The number of aryl methyl sites for hydroxylation is 2. The van der Waals surface area contributed by atoms with Crippen LogP contribution in [0.2, 0.25) is 0 Å². The molecule has 0 unspecified atom stereocenters. The molecule has 5 rings (SSSR count). The van der Waals surface area contributed by atoms with E-state index in [-0.39, 0.29) is 17.2 Å². The second-order valence-electron chi connectivity index (χ2n) is 10.7. The van der Waals surface area contributed by atoms with Crippen LogP contribution in [0.15, 0.2) is 53.6 Å². The predicted molar refractivity (Wildman–Crippen MR) is 167 cm³/mol. The van der Waals surface area contributed by atoms with Gasteiger partial charge in [0.15, 0.2) is 23.1 Å². The number of primary amides is 1. The van der Waals surface area contributed by atoms with Crippen molar-refractivity contribution in [2.24, 2.45) is 12.8 Å². The molecule has 0 bridgehead atoms. The molecule has 5 aromatic rings. The monoisotopic (exact) mass is 599 g/mol. The van der Waals surface area contributed by atoms with Crippen LogP contribution in [0.25, 0.3) is 32.9 Å². The van der Waals surface area contributed by atoms with Gasteiger partial charge in [0.05, 0.1) is 28.9 Å². The van der Waals surface area contributed by atoms with E-state index in [0.29, 0.717) is 69.7 Å². The second kappa shape index (κ2) is 12.3. The Hall–Kier alpha value is -5.03. The van der Waals surface area contributed by atoms with Crippen molar-refractivity contribution < 1.29 is 23.4 Å². The number of nitrogens with two attached hydrogens (primary N) is 1. The fourth-order valence-electron chi connectivity index (χ4n) is 5.27. The van der Waals surface area contributed by atoms with Crippen LogP contribution in [0, 0.1) is 12.7 Å². The molecule has 0 atom stereocenters. The van der Waals surface area contributed by atoms with Crippen LogP contribution in [-0.4, -0.2) is 59.7 Å². The quantitative estimate of drug-likeness (QED) is 0.238. The van der Waals surface area contributed by atoms with Crippen molar-refractivity contribution in [3.8, 4) is 34.3 Å². The average molecular weight is 600 g/mol. The number of aromatic nitrogens is 3. The van der Waals surface area contributed by atoms with Crippen molar-refractivity contribution in [2.75, 3.05) is 34.4 Å². The van der Waals surface area contributed by atoms with Gasteiger partial charge >= 0.3 is 0 Å². The normalized spacial score (nSPS) is 11.4.